The van der Waals surface area contributed by atoms with E-state index >= 15 is 0 Å². The summed E-state index contributed by atoms with van der Waals surface area (Å²) in [5.74, 6) is 0.171. The maximum Gasteiger partial charge on any atom is 0.237 e. The highest BCUT2D eigenvalue weighted by atomic mass is 16.2. The van der Waals surface area contributed by atoms with Crippen LogP contribution in [-0.4, -0.2) is 49.6 Å². The summed E-state index contributed by atoms with van der Waals surface area (Å²) in [6.07, 6.45) is 3.28. The number of carbonyl (C=O) groups is 1. The Bertz CT molecular complexity index is 202. The van der Waals surface area contributed by atoms with E-state index in [1.807, 2.05) is 0 Å². The Kier molecular flexibility index (Phi) is 6.42. The van der Waals surface area contributed by atoms with Gasteiger partial charge in [-0.05, 0) is 38.9 Å². The van der Waals surface area contributed by atoms with Gasteiger partial charge in [0.25, 0.3) is 0 Å². The second-order valence-corrected chi connectivity index (χ2v) is 4.37. The van der Waals surface area contributed by atoms with Crippen molar-refractivity contribution in [3.8, 4) is 0 Å². The Labute approximate surface area is 98.8 Å². The van der Waals surface area contributed by atoms with Gasteiger partial charge >= 0.3 is 0 Å². The van der Waals surface area contributed by atoms with Crippen molar-refractivity contribution in [2.24, 2.45) is 0 Å². The molecule has 1 heterocycles. The number of nitrogens with one attached hydrogen (secondary N) is 2. The first-order chi connectivity index (χ1) is 7.77. The summed E-state index contributed by atoms with van der Waals surface area (Å²) in [6.45, 7) is 9.24. The molecule has 0 aromatic rings. The van der Waals surface area contributed by atoms with E-state index in [0.717, 1.165) is 45.6 Å². The largest absolute Gasteiger partial charge is 0.353 e. The van der Waals surface area contributed by atoms with E-state index in [1.165, 1.54) is 6.42 Å². The number of carbonyl (C=O) groups excluding carboxylic acids is 1. The second kappa shape index (κ2) is 7.63. The van der Waals surface area contributed by atoms with Crippen LogP contribution in [0.3, 0.4) is 0 Å². The predicted octanol–water partition coefficient (Wildman–Crippen LogP) is 0.587. The van der Waals surface area contributed by atoms with E-state index < -0.39 is 0 Å². The van der Waals surface area contributed by atoms with E-state index in [4.69, 9.17) is 0 Å². The molecule has 0 spiro atoms. The topological polar surface area (TPSA) is 44.4 Å². The van der Waals surface area contributed by atoms with Crippen molar-refractivity contribution in [1.29, 1.82) is 0 Å². The lowest BCUT2D eigenvalue weighted by Gasteiger charge is -2.20. The van der Waals surface area contributed by atoms with Crippen molar-refractivity contribution >= 4 is 5.91 Å². The summed E-state index contributed by atoms with van der Waals surface area (Å²) in [5.41, 5.74) is 0. The number of hydrogen-bond donors (Lipinski definition) is 2. The van der Waals surface area contributed by atoms with Crippen LogP contribution in [-0.2, 0) is 4.79 Å². The highest BCUT2D eigenvalue weighted by molar-refractivity contribution is 5.81. The number of likely N-dealkylation sites (N-methyl/N-ethyl adjacent to an activating group) is 1. The normalized spacial score (nSPS) is 20.3. The Morgan fingerprint density at radius 1 is 1.44 bits per heavy atom. The first-order valence-electron chi connectivity index (χ1n) is 6.51. The van der Waals surface area contributed by atoms with Crippen LogP contribution in [0, 0.1) is 0 Å². The number of nitrogens with zero attached hydrogens (tertiary/aromatic N) is 1. The fraction of sp³-hybridized carbons (Fsp3) is 0.917. The third kappa shape index (κ3) is 4.49. The second-order valence-electron chi connectivity index (χ2n) is 4.37. The van der Waals surface area contributed by atoms with Crippen LogP contribution in [0.4, 0.5) is 0 Å². The molecule has 0 saturated carbocycles. The van der Waals surface area contributed by atoms with Crippen molar-refractivity contribution in [2.45, 2.75) is 39.2 Å². The first-order valence-corrected chi connectivity index (χ1v) is 6.51. The van der Waals surface area contributed by atoms with Gasteiger partial charge in [0, 0.05) is 13.1 Å². The van der Waals surface area contributed by atoms with Gasteiger partial charge in [0.05, 0.1) is 6.04 Å². The molecule has 0 bridgehead atoms. The zero-order valence-corrected chi connectivity index (χ0v) is 10.6. The Hall–Kier alpha value is -0.610. The maximum absolute atomic E-state index is 11.7. The molecular formula is C12H25N3O. The van der Waals surface area contributed by atoms with Gasteiger partial charge in [0.2, 0.25) is 5.91 Å². The summed E-state index contributed by atoms with van der Waals surface area (Å²) in [6, 6.07) is 0.0567. The molecule has 0 unspecified atom stereocenters. The van der Waals surface area contributed by atoms with Gasteiger partial charge in [0.1, 0.15) is 0 Å². The van der Waals surface area contributed by atoms with Crippen molar-refractivity contribution < 1.29 is 4.79 Å². The molecule has 1 aliphatic heterocycles. The van der Waals surface area contributed by atoms with Crippen LogP contribution in [0.5, 0.6) is 0 Å². The molecule has 0 aliphatic carbocycles. The SMILES string of the molecule is CCCN(CC)CCNC(=O)[C@@H]1CCCN1. The monoisotopic (exact) mass is 227 g/mol. The molecule has 2 N–H and O–H groups in total. The molecule has 94 valence electrons. The molecule has 0 aromatic heterocycles. The Morgan fingerprint density at radius 3 is 2.81 bits per heavy atom. The lowest BCUT2D eigenvalue weighted by atomic mass is 10.2. The molecule has 1 fully saturated rings. The lowest BCUT2D eigenvalue weighted by Crippen LogP contribution is -2.43. The van der Waals surface area contributed by atoms with E-state index in [0.29, 0.717) is 0 Å². The summed E-state index contributed by atoms with van der Waals surface area (Å²) >= 11 is 0. The smallest absolute Gasteiger partial charge is 0.237 e. The third-order valence-corrected chi connectivity index (χ3v) is 3.09. The lowest BCUT2D eigenvalue weighted by molar-refractivity contribution is -0.122. The molecule has 16 heavy (non-hydrogen) atoms. The highest BCUT2D eigenvalue weighted by Crippen LogP contribution is 2.04. The highest BCUT2D eigenvalue weighted by Gasteiger charge is 2.21. The Morgan fingerprint density at radius 2 is 2.25 bits per heavy atom. The fourth-order valence-corrected chi connectivity index (χ4v) is 2.11. The van der Waals surface area contributed by atoms with E-state index in [2.05, 4.69) is 29.4 Å². The van der Waals surface area contributed by atoms with Crippen molar-refractivity contribution in [3.05, 3.63) is 0 Å². The van der Waals surface area contributed by atoms with Crippen molar-refractivity contribution in [1.82, 2.24) is 15.5 Å². The molecular weight excluding hydrogens is 202 g/mol. The minimum Gasteiger partial charge on any atom is -0.353 e. The van der Waals surface area contributed by atoms with Gasteiger partial charge in [-0.3, -0.25) is 4.79 Å². The standard InChI is InChI=1S/C12H25N3O/c1-3-9-15(4-2)10-8-14-12(16)11-6-5-7-13-11/h11,13H,3-10H2,1-2H3,(H,14,16)/t11-/m0/s1. The maximum atomic E-state index is 11.7. The quantitative estimate of drug-likeness (QED) is 0.669. The van der Waals surface area contributed by atoms with E-state index in [-0.39, 0.29) is 11.9 Å². The molecule has 0 radical (unpaired) electrons. The number of amides is 1. The Balaban J connectivity index is 2.11. The molecule has 0 aromatic carbocycles. The first kappa shape index (κ1) is 13.5. The number of rotatable bonds is 7. The zero-order valence-electron chi connectivity index (χ0n) is 10.6. The molecule has 4 heteroatoms. The summed E-state index contributed by atoms with van der Waals surface area (Å²) in [4.78, 5) is 14.0. The van der Waals surface area contributed by atoms with Gasteiger partial charge in [0.15, 0.2) is 0 Å². The molecule has 1 atom stereocenters. The number of hydrogen-bond acceptors (Lipinski definition) is 3. The van der Waals surface area contributed by atoms with Gasteiger partial charge in [-0.2, -0.15) is 0 Å². The van der Waals surface area contributed by atoms with Gasteiger partial charge < -0.3 is 15.5 Å². The summed E-state index contributed by atoms with van der Waals surface area (Å²) in [5, 5.41) is 6.21. The predicted molar refractivity (Wildman–Crippen MR) is 66.4 cm³/mol. The van der Waals surface area contributed by atoms with Crippen LogP contribution in [0.15, 0.2) is 0 Å². The van der Waals surface area contributed by atoms with Crippen LogP contribution < -0.4 is 10.6 Å². The average Bonchev–Trinajstić information content (AvgIpc) is 2.81. The van der Waals surface area contributed by atoms with E-state index in [9.17, 15) is 4.79 Å². The zero-order chi connectivity index (χ0) is 11.8. The molecule has 4 nitrogen and oxygen atoms in total. The van der Waals surface area contributed by atoms with E-state index in [1.54, 1.807) is 0 Å². The van der Waals surface area contributed by atoms with Crippen LogP contribution >= 0.6 is 0 Å². The summed E-state index contributed by atoms with van der Waals surface area (Å²) < 4.78 is 0. The minimum atomic E-state index is 0.0567. The van der Waals surface area contributed by atoms with Crippen LogP contribution in [0.2, 0.25) is 0 Å². The molecule has 1 amide bonds. The molecule has 1 saturated heterocycles. The summed E-state index contributed by atoms with van der Waals surface area (Å²) in [7, 11) is 0. The van der Waals surface area contributed by atoms with Gasteiger partial charge in [-0.1, -0.05) is 13.8 Å². The third-order valence-electron chi connectivity index (χ3n) is 3.09. The van der Waals surface area contributed by atoms with Crippen LogP contribution in [0.1, 0.15) is 33.1 Å². The average molecular weight is 227 g/mol. The van der Waals surface area contributed by atoms with Crippen molar-refractivity contribution in [2.75, 3.05) is 32.7 Å². The fourth-order valence-electron chi connectivity index (χ4n) is 2.11. The molecule has 1 aliphatic rings. The van der Waals surface area contributed by atoms with Crippen molar-refractivity contribution in [3.63, 3.8) is 0 Å². The van der Waals surface area contributed by atoms with Gasteiger partial charge in [-0.15, -0.1) is 0 Å². The molecule has 1 rings (SSSR count). The minimum absolute atomic E-state index is 0.0567. The van der Waals surface area contributed by atoms with Crippen LogP contribution in [0.25, 0.3) is 0 Å². The van der Waals surface area contributed by atoms with Gasteiger partial charge in [-0.25, -0.2) is 0 Å².